The molecule has 1 aromatic carbocycles. The maximum absolute atomic E-state index is 11.1. The second kappa shape index (κ2) is 8.82. The van der Waals surface area contributed by atoms with Crippen LogP contribution in [0.1, 0.15) is 38.2 Å². The molecule has 20 heavy (non-hydrogen) atoms. The molecule has 1 amide bonds. The summed E-state index contributed by atoms with van der Waals surface area (Å²) >= 11 is 12.1. The summed E-state index contributed by atoms with van der Waals surface area (Å²) in [5.74, 6) is 0.0201. The Labute approximate surface area is 129 Å². The summed E-state index contributed by atoms with van der Waals surface area (Å²) in [6.45, 7) is 4.11. The van der Waals surface area contributed by atoms with Gasteiger partial charge in [0.25, 0.3) is 0 Å². The Hall–Kier alpha value is -1.26. The number of nitrogens with one attached hydrogen (secondary N) is 1. The lowest BCUT2D eigenvalue weighted by Crippen LogP contribution is -2.19. The number of carbonyl (C=O) groups is 1. The van der Waals surface area contributed by atoms with E-state index in [4.69, 9.17) is 27.9 Å². The number of benzene rings is 1. The van der Waals surface area contributed by atoms with Gasteiger partial charge in [-0.25, -0.2) is 10.2 Å². The van der Waals surface area contributed by atoms with Crippen molar-refractivity contribution in [3.8, 4) is 0 Å². The largest absolute Gasteiger partial charge is 0.449 e. The number of hydrazone groups is 1. The Balaban J connectivity index is 2.78. The number of rotatable bonds is 6. The molecule has 0 bridgehead atoms. The summed E-state index contributed by atoms with van der Waals surface area (Å²) in [6.07, 6.45) is 2.93. The molecule has 0 saturated carbocycles. The third kappa shape index (κ3) is 5.39. The second-order valence-electron chi connectivity index (χ2n) is 4.17. The van der Waals surface area contributed by atoms with Crippen molar-refractivity contribution in [1.29, 1.82) is 0 Å². The van der Waals surface area contributed by atoms with Crippen molar-refractivity contribution in [2.45, 2.75) is 32.6 Å². The van der Waals surface area contributed by atoms with E-state index in [1.54, 1.807) is 25.3 Å². The minimum absolute atomic E-state index is 0.0201. The van der Waals surface area contributed by atoms with Gasteiger partial charge in [-0.15, -0.1) is 0 Å². The first kappa shape index (κ1) is 16.8. The van der Waals surface area contributed by atoms with Crippen LogP contribution in [0.25, 0.3) is 0 Å². The van der Waals surface area contributed by atoms with Gasteiger partial charge < -0.3 is 4.74 Å². The van der Waals surface area contributed by atoms with E-state index in [9.17, 15) is 4.79 Å². The molecule has 0 spiro atoms. The Bertz CT molecular complexity index is 478. The SMILES string of the molecule is CCCC(/C=N/NC(=O)OCC)c1ccc(Cl)cc1Cl. The van der Waals surface area contributed by atoms with E-state index in [2.05, 4.69) is 17.5 Å². The average molecular weight is 317 g/mol. The number of hydrogen-bond donors (Lipinski definition) is 1. The smallest absolute Gasteiger partial charge is 0.427 e. The maximum atomic E-state index is 11.1. The Kier molecular flexibility index (Phi) is 7.41. The lowest BCUT2D eigenvalue weighted by Gasteiger charge is -2.13. The molecule has 0 fully saturated rings. The molecule has 0 aliphatic carbocycles. The summed E-state index contributed by atoms with van der Waals surface area (Å²) < 4.78 is 4.72. The van der Waals surface area contributed by atoms with E-state index >= 15 is 0 Å². The van der Waals surface area contributed by atoms with Crippen LogP contribution in [0.4, 0.5) is 4.79 Å². The highest BCUT2D eigenvalue weighted by Gasteiger charge is 2.12. The molecule has 110 valence electrons. The second-order valence-corrected chi connectivity index (χ2v) is 5.02. The van der Waals surface area contributed by atoms with Crippen molar-refractivity contribution in [2.75, 3.05) is 6.61 Å². The van der Waals surface area contributed by atoms with Gasteiger partial charge in [0.15, 0.2) is 0 Å². The highest BCUT2D eigenvalue weighted by Crippen LogP contribution is 2.29. The molecule has 0 radical (unpaired) electrons. The predicted octanol–water partition coefficient (Wildman–Crippen LogP) is 4.61. The third-order valence-electron chi connectivity index (χ3n) is 2.65. The van der Waals surface area contributed by atoms with Crippen molar-refractivity contribution < 1.29 is 9.53 Å². The number of amides is 1. The molecule has 0 aromatic heterocycles. The summed E-state index contributed by atoms with van der Waals surface area (Å²) in [5.41, 5.74) is 3.25. The van der Waals surface area contributed by atoms with Gasteiger partial charge in [0.05, 0.1) is 6.61 Å². The number of carbonyl (C=O) groups excluding carboxylic acids is 1. The van der Waals surface area contributed by atoms with Crippen LogP contribution in [0.5, 0.6) is 0 Å². The number of hydrogen-bond acceptors (Lipinski definition) is 3. The number of halogens is 2. The van der Waals surface area contributed by atoms with Gasteiger partial charge in [0.2, 0.25) is 0 Å². The van der Waals surface area contributed by atoms with E-state index in [0.29, 0.717) is 16.7 Å². The maximum Gasteiger partial charge on any atom is 0.427 e. The summed E-state index contributed by atoms with van der Waals surface area (Å²) in [4.78, 5) is 11.1. The van der Waals surface area contributed by atoms with Gasteiger partial charge in [-0.05, 0) is 31.0 Å². The van der Waals surface area contributed by atoms with Gasteiger partial charge >= 0.3 is 6.09 Å². The van der Waals surface area contributed by atoms with Crippen LogP contribution in [0.3, 0.4) is 0 Å². The molecule has 1 aromatic rings. The minimum Gasteiger partial charge on any atom is -0.449 e. The van der Waals surface area contributed by atoms with E-state index in [1.165, 1.54) is 0 Å². The van der Waals surface area contributed by atoms with Crippen LogP contribution in [0.2, 0.25) is 10.0 Å². The van der Waals surface area contributed by atoms with Crippen molar-refractivity contribution in [3.05, 3.63) is 33.8 Å². The fraction of sp³-hybridized carbons (Fsp3) is 0.429. The molecule has 0 aliphatic heterocycles. The molecule has 0 saturated heterocycles. The molecule has 6 heteroatoms. The standard InChI is InChI=1S/C14H18Cl2N2O2/c1-3-5-10(9-17-18-14(19)20-4-2)12-7-6-11(15)8-13(12)16/h6-10H,3-5H2,1-2H3,(H,18,19)/b17-9+. The van der Waals surface area contributed by atoms with Crippen LogP contribution < -0.4 is 5.43 Å². The van der Waals surface area contributed by atoms with Gasteiger partial charge in [-0.2, -0.15) is 5.10 Å². The Morgan fingerprint density at radius 2 is 2.20 bits per heavy atom. The van der Waals surface area contributed by atoms with Gasteiger partial charge in [0.1, 0.15) is 0 Å². The predicted molar refractivity (Wildman–Crippen MR) is 82.8 cm³/mol. The molecule has 1 rings (SSSR count). The lowest BCUT2D eigenvalue weighted by atomic mass is 9.96. The fourth-order valence-electron chi connectivity index (χ4n) is 1.77. The number of nitrogens with zero attached hydrogens (tertiary/aromatic N) is 1. The highest BCUT2D eigenvalue weighted by molar-refractivity contribution is 6.35. The van der Waals surface area contributed by atoms with Crippen molar-refractivity contribution in [3.63, 3.8) is 0 Å². The average Bonchev–Trinajstić information content (AvgIpc) is 2.38. The third-order valence-corrected chi connectivity index (χ3v) is 3.21. The van der Waals surface area contributed by atoms with Gasteiger partial charge in [-0.3, -0.25) is 0 Å². The van der Waals surface area contributed by atoms with Crippen LogP contribution >= 0.6 is 23.2 Å². The Morgan fingerprint density at radius 1 is 1.45 bits per heavy atom. The zero-order valence-corrected chi connectivity index (χ0v) is 13.0. The van der Waals surface area contributed by atoms with Crippen LogP contribution in [0, 0.1) is 0 Å². The van der Waals surface area contributed by atoms with Gasteiger partial charge in [0, 0.05) is 22.2 Å². The van der Waals surface area contributed by atoms with Crippen molar-refractivity contribution in [1.82, 2.24) is 5.43 Å². The lowest BCUT2D eigenvalue weighted by molar-refractivity contribution is 0.152. The molecule has 4 nitrogen and oxygen atoms in total. The molecule has 1 unspecified atom stereocenters. The molecule has 1 atom stereocenters. The molecule has 0 aliphatic rings. The van der Waals surface area contributed by atoms with E-state index in [1.807, 2.05) is 6.07 Å². The monoisotopic (exact) mass is 316 g/mol. The van der Waals surface area contributed by atoms with E-state index in [-0.39, 0.29) is 5.92 Å². The first-order chi connectivity index (χ1) is 9.58. The topological polar surface area (TPSA) is 50.7 Å². The van der Waals surface area contributed by atoms with Crippen LogP contribution in [-0.2, 0) is 4.74 Å². The Morgan fingerprint density at radius 3 is 2.80 bits per heavy atom. The summed E-state index contributed by atoms with van der Waals surface area (Å²) in [5, 5.41) is 5.10. The first-order valence-electron chi connectivity index (χ1n) is 6.49. The van der Waals surface area contributed by atoms with Crippen molar-refractivity contribution >= 4 is 35.5 Å². The normalized spacial score (nSPS) is 12.4. The minimum atomic E-state index is -0.568. The summed E-state index contributed by atoms with van der Waals surface area (Å²) in [6, 6.07) is 5.37. The van der Waals surface area contributed by atoms with E-state index in [0.717, 1.165) is 18.4 Å². The molecule has 0 heterocycles. The fourth-order valence-corrected chi connectivity index (χ4v) is 2.32. The zero-order valence-electron chi connectivity index (χ0n) is 11.5. The zero-order chi connectivity index (χ0) is 15.0. The summed E-state index contributed by atoms with van der Waals surface area (Å²) in [7, 11) is 0. The molecule has 1 N–H and O–H groups in total. The molecular weight excluding hydrogens is 299 g/mol. The van der Waals surface area contributed by atoms with Crippen LogP contribution in [-0.4, -0.2) is 18.9 Å². The van der Waals surface area contributed by atoms with Crippen LogP contribution in [0.15, 0.2) is 23.3 Å². The number of ether oxygens (including phenoxy) is 1. The van der Waals surface area contributed by atoms with Gasteiger partial charge in [-0.1, -0.05) is 42.6 Å². The highest BCUT2D eigenvalue weighted by atomic mass is 35.5. The quantitative estimate of drug-likeness (QED) is 0.615. The van der Waals surface area contributed by atoms with E-state index < -0.39 is 6.09 Å². The molecular formula is C14H18Cl2N2O2. The van der Waals surface area contributed by atoms with Crippen molar-refractivity contribution in [2.24, 2.45) is 5.10 Å². The first-order valence-corrected chi connectivity index (χ1v) is 7.25.